The van der Waals surface area contributed by atoms with Crippen LogP contribution in [0.3, 0.4) is 0 Å². The quantitative estimate of drug-likeness (QED) is 0.750. The van der Waals surface area contributed by atoms with Gasteiger partial charge in [-0.15, -0.1) is 0 Å². The molecule has 5 heteroatoms. The van der Waals surface area contributed by atoms with Crippen LogP contribution >= 0.6 is 0 Å². The monoisotopic (exact) mass is 239 g/mol. The first kappa shape index (κ1) is 13.5. The van der Waals surface area contributed by atoms with Crippen LogP contribution in [0.2, 0.25) is 0 Å². The van der Waals surface area contributed by atoms with Crippen LogP contribution in [0.15, 0.2) is 12.1 Å². The summed E-state index contributed by atoms with van der Waals surface area (Å²) in [5, 5.41) is 0. The summed E-state index contributed by atoms with van der Waals surface area (Å²) in [7, 11) is 4.61. The van der Waals surface area contributed by atoms with Crippen molar-refractivity contribution in [2.24, 2.45) is 5.73 Å². The van der Waals surface area contributed by atoms with Crippen molar-refractivity contribution < 1.29 is 19.0 Å². The number of nitrogens with two attached hydrogens (primary N) is 1. The lowest BCUT2D eigenvalue weighted by Gasteiger charge is -2.14. The number of rotatable bonds is 6. The van der Waals surface area contributed by atoms with Crippen molar-refractivity contribution in [1.82, 2.24) is 0 Å². The van der Waals surface area contributed by atoms with Gasteiger partial charge in [0.25, 0.3) is 0 Å². The van der Waals surface area contributed by atoms with Crippen LogP contribution in [0.25, 0.3) is 0 Å². The van der Waals surface area contributed by atoms with Crippen LogP contribution in [0, 0.1) is 0 Å². The fourth-order valence-electron chi connectivity index (χ4n) is 1.61. The number of carbonyl (C=O) groups excluding carboxylic acids is 1. The van der Waals surface area contributed by atoms with E-state index in [9.17, 15) is 4.79 Å². The first-order valence-corrected chi connectivity index (χ1v) is 5.15. The van der Waals surface area contributed by atoms with E-state index < -0.39 is 0 Å². The van der Waals surface area contributed by atoms with Gasteiger partial charge in [0.1, 0.15) is 11.5 Å². The molecule has 0 bridgehead atoms. The molecule has 0 aromatic heterocycles. The third kappa shape index (κ3) is 2.95. The maximum absolute atomic E-state index is 11.8. The summed E-state index contributed by atoms with van der Waals surface area (Å²) < 4.78 is 15.4. The second-order valence-corrected chi connectivity index (χ2v) is 3.42. The summed E-state index contributed by atoms with van der Waals surface area (Å²) in [5.41, 5.74) is 6.55. The largest absolute Gasteiger partial charge is 0.497 e. The molecule has 0 saturated carbocycles. The number of Topliss-reactive ketones (excluding diaryl/α,β-unsaturated/α-hetero) is 1. The molecular weight excluding hydrogens is 222 g/mol. The van der Waals surface area contributed by atoms with Crippen LogP contribution in [0.5, 0.6) is 11.5 Å². The molecule has 0 atom stereocenters. The Morgan fingerprint density at radius 1 is 1.24 bits per heavy atom. The van der Waals surface area contributed by atoms with Gasteiger partial charge in [-0.3, -0.25) is 4.79 Å². The van der Waals surface area contributed by atoms with E-state index in [1.807, 2.05) is 0 Å². The van der Waals surface area contributed by atoms with E-state index >= 15 is 0 Å². The lowest BCUT2D eigenvalue weighted by atomic mass is 10.0. The van der Waals surface area contributed by atoms with Gasteiger partial charge in [-0.05, 0) is 11.6 Å². The molecular formula is C12H17NO4. The standard InChI is InChI=1S/C12H17NO4/c1-15-7-8-4-9(16-2)5-11(17-3)12(8)10(14)6-13/h4-5H,6-7,13H2,1-3H3. The van der Waals surface area contributed by atoms with Crippen molar-refractivity contribution in [1.29, 1.82) is 0 Å². The molecule has 94 valence electrons. The highest BCUT2D eigenvalue weighted by Crippen LogP contribution is 2.29. The van der Waals surface area contributed by atoms with Crippen LogP contribution < -0.4 is 15.2 Å². The van der Waals surface area contributed by atoms with E-state index in [-0.39, 0.29) is 12.3 Å². The van der Waals surface area contributed by atoms with Gasteiger partial charge in [0.05, 0.1) is 32.9 Å². The fraction of sp³-hybridized carbons (Fsp3) is 0.417. The molecule has 1 rings (SSSR count). The Morgan fingerprint density at radius 3 is 2.41 bits per heavy atom. The van der Waals surface area contributed by atoms with Crippen LogP contribution in [-0.2, 0) is 11.3 Å². The zero-order valence-electron chi connectivity index (χ0n) is 10.3. The molecule has 0 fully saturated rings. The summed E-state index contributed by atoms with van der Waals surface area (Å²) in [6.45, 7) is 0.230. The molecule has 0 aliphatic carbocycles. The molecule has 0 aliphatic rings. The molecule has 17 heavy (non-hydrogen) atoms. The molecule has 0 aliphatic heterocycles. The SMILES string of the molecule is COCc1cc(OC)cc(OC)c1C(=O)CN. The normalized spacial score (nSPS) is 10.1. The minimum Gasteiger partial charge on any atom is -0.497 e. The molecule has 2 N–H and O–H groups in total. The Kier molecular flexibility index (Phi) is 4.93. The summed E-state index contributed by atoms with van der Waals surface area (Å²) in [5.74, 6) is 0.880. The molecule has 0 unspecified atom stereocenters. The van der Waals surface area contributed by atoms with Crippen LogP contribution in [0.4, 0.5) is 0 Å². The third-order valence-corrected chi connectivity index (χ3v) is 2.38. The van der Waals surface area contributed by atoms with Crippen molar-refractivity contribution in [2.75, 3.05) is 27.9 Å². The number of methoxy groups -OCH3 is 3. The van der Waals surface area contributed by atoms with E-state index in [0.29, 0.717) is 29.2 Å². The topological polar surface area (TPSA) is 70.8 Å². The van der Waals surface area contributed by atoms with Crippen molar-refractivity contribution in [2.45, 2.75) is 6.61 Å². The molecule has 0 radical (unpaired) electrons. The second kappa shape index (κ2) is 6.22. The van der Waals surface area contributed by atoms with Crippen molar-refractivity contribution >= 4 is 5.78 Å². The summed E-state index contributed by atoms with van der Waals surface area (Å²) in [6, 6.07) is 3.40. The highest BCUT2D eigenvalue weighted by Gasteiger charge is 2.17. The zero-order chi connectivity index (χ0) is 12.8. The number of ketones is 1. The average Bonchev–Trinajstić information content (AvgIpc) is 2.37. The number of benzene rings is 1. The average molecular weight is 239 g/mol. The summed E-state index contributed by atoms with van der Waals surface area (Å²) in [4.78, 5) is 11.8. The Morgan fingerprint density at radius 2 is 1.94 bits per heavy atom. The van der Waals surface area contributed by atoms with E-state index in [4.69, 9.17) is 19.9 Å². The first-order valence-electron chi connectivity index (χ1n) is 5.15. The Balaban J connectivity index is 3.34. The number of hydrogen-bond acceptors (Lipinski definition) is 5. The van der Waals surface area contributed by atoms with E-state index in [2.05, 4.69) is 0 Å². The number of carbonyl (C=O) groups is 1. The van der Waals surface area contributed by atoms with Gasteiger partial charge in [0.15, 0.2) is 5.78 Å². The first-order chi connectivity index (χ1) is 8.17. The molecule has 0 heterocycles. The predicted octanol–water partition coefficient (Wildman–Crippen LogP) is 0.992. The zero-order valence-corrected chi connectivity index (χ0v) is 10.3. The smallest absolute Gasteiger partial charge is 0.180 e. The van der Waals surface area contributed by atoms with Gasteiger partial charge in [-0.25, -0.2) is 0 Å². The maximum atomic E-state index is 11.8. The highest BCUT2D eigenvalue weighted by atomic mass is 16.5. The maximum Gasteiger partial charge on any atom is 0.180 e. The van der Waals surface area contributed by atoms with Gasteiger partial charge >= 0.3 is 0 Å². The van der Waals surface area contributed by atoms with Gasteiger partial charge in [0, 0.05) is 13.2 Å². The molecule has 1 aromatic rings. The number of hydrogen-bond donors (Lipinski definition) is 1. The highest BCUT2D eigenvalue weighted by molar-refractivity contribution is 6.01. The van der Waals surface area contributed by atoms with E-state index in [0.717, 1.165) is 0 Å². The lowest BCUT2D eigenvalue weighted by molar-refractivity contribution is 0.0993. The molecule has 1 aromatic carbocycles. The van der Waals surface area contributed by atoms with Gasteiger partial charge in [-0.1, -0.05) is 0 Å². The van der Waals surface area contributed by atoms with E-state index in [1.165, 1.54) is 7.11 Å². The number of ether oxygens (including phenoxy) is 3. The minimum atomic E-state index is -0.184. The van der Waals surface area contributed by atoms with Crippen LogP contribution in [-0.4, -0.2) is 33.7 Å². The second-order valence-electron chi connectivity index (χ2n) is 3.42. The molecule has 5 nitrogen and oxygen atoms in total. The van der Waals surface area contributed by atoms with Crippen molar-refractivity contribution in [3.63, 3.8) is 0 Å². The minimum absolute atomic E-state index is 0.0700. The Labute approximate surface area is 100 Å². The lowest BCUT2D eigenvalue weighted by Crippen LogP contribution is -2.17. The third-order valence-electron chi connectivity index (χ3n) is 2.38. The molecule has 0 amide bonds. The van der Waals surface area contributed by atoms with Gasteiger partial charge in [0.2, 0.25) is 0 Å². The Hall–Kier alpha value is -1.59. The van der Waals surface area contributed by atoms with Gasteiger partial charge < -0.3 is 19.9 Å². The van der Waals surface area contributed by atoms with E-state index in [1.54, 1.807) is 26.4 Å². The predicted molar refractivity (Wildman–Crippen MR) is 63.6 cm³/mol. The van der Waals surface area contributed by atoms with Crippen LogP contribution in [0.1, 0.15) is 15.9 Å². The molecule has 0 spiro atoms. The fourth-order valence-corrected chi connectivity index (χ4v) is 1.61. The summed E-state index contributed by atoms with van der Waals surface area (Å²) in [6.07, 6.45) is 0. The van der Waals surface area contributed by atoms with Gasteiger partial charge in [-0.2, -0.15) is 0 Å². The summed E-state index contributed by atoms with van der Waals surface area (Å²) >= 11 is 0. The molecule has 0 saturated heterocycles. The van der Waals surface area contributed by atoms with Crippen molar-refractivity contribution in [3.05, 3.63) is 23.3 Å². The Bertz CT molecular complexity index is 404. The van der Waals surface area contributed by atoms with Crippen molar-refractivity contribution in [3.8, 4) is 11.5 Å².